The van der Waals surface area contributed by atoms with E-state index in [1.54, 1.807) is 0 Å². The molecule has 1 saturated heterocycles. The van der Waals surface area contributed by atoms with Gasteiger partial charge in [0.05, 0.1) is 6.61 Å². The maximum Gasteiger partial charge on any atom is 0.222 e. The van der Waals surface area contributed by atoms with Crippen molar-refractivity contribution in [3.8, 4) is 5.75 Å². The van der Waals surface area contributed by atoms with E-state index in [0.717, 1.165) is 36.2 Å². The van der Waals surface area contributed by atoms with Gasteiger partial charge in [-0.15, -0.1) is 0 Å². The molecule has 0 spiro atoms. The first kappa shape index (κ1) is 12.4. The molecule has 3 nitrogen and oxygen atoms in total. The first-order chi connectivity index (χ1) is 8.25. The van der Waals surface area contributed by atoms with E-state index in [1.807, 2.05) is 29.2 Å². The maximum atomic E-state index is 11.4. The highest BCUT2D eigenvalue weighted by Gasteiger charge is 2.18. The number of ether oxygens (including phenoxy) is 1. The number of amides is 1. The van der Waals surface area contributed by atoms with Gasteiger partial charge in [0.2, 0.25) is 5.91 Å². The van der Waals surface area contributed by atoms with Crippen molar-refractivity contribution in [2.24, 2.45) is 0 Å². The third-order valence-electron chi connectivity index (χ3n) is 2.83. The molecule has 1 fully saturated rings. The van der Waals surface area contributed by atoms with Crippen molar-refractivity contribution in [3.63, 3.8) is 0 Å². The number of carbonyl (C=O) groups is 1. The summed E-state index contributed by atoms with van der Waals surface area (Å²) in [6, 6.07) is 7.79. The molecule has 0 bridgehead atoms. The summed E-state index contributed by atoms with van der Waals surface area (Å²) in [6.07, 6.45) is 2.61. The summed E-state index contributed by atoms with van der Waals surface area (Å²) in [4.78, 5) is 13.3. The Hall–Kier alpha value is -1.03. The molecule has 1 aliphatic heterocycles. The molecular formula is C13H16BrNO2. The number of benzene rings is 1. The standard InChI is InChI=1S/C13H16BrNO2/c14-11-4-6-12(7-5-11)17-10-2-9-15-8-1-3-13(15)16/h4-7H,1-3,8-10H2. The van der Waals surface area contributed by atoms with Crippen LogP contribution < -0.4 is 4.74 Å². The number of nitrogens with zero attached hydrogens (tertiary/aromatic N) is 1. The smallest absolute Gasteiger partial charge is 0.222 e. The number of rotatable bonds is 5. The quantitative estimate of drug-likeness (QED) is 0.782. The lowest BCUT2D eigenvalue weighted by atomic mass is 10.3. The van der Waals surface area contributed by atoms with Gasteiger partial charge in [0.15, 0.2) is 0 Å². The fourth-order valence-corrected chi connectivity index (χ4v) is 2.18. The zero-order chi connectivity index (χ0) is 12.1. The summed E-state index contributed by atoms with van der Waals surface area (Å²) in [5, 5.41) is 0. The van der Waals surface area contributed by atoms with E-state index in [2.05, 4.69) is 15.9 Å². The maximum absolute atomic E-state index is 11.4. The average Bonchev–Trinajstić information content (AvgIpc) is 2.73. The van der Waals surface area contributed by atoms with Crippen molar-refractivity contribution < 1.29 is 9.53 Å². The van der Waals surface area contributed by atoms with E-state index in [1.165, 1.54) is 0 Å². The zero-order valence-corrected chi connectivity index (χ0v) is 11.3. The van der Waals surface area contributed by atoms with E-state index in [0.29, 0.717) is 13.0 Å². The Morgan fingerprint density at radius 2 is 2.06 bits per heavy atom. The van der Waals surface area contributed by atoms with Gasteiger partial charge in [-0.3, -0.25) is 4.79 Å². The number of hydrogen-bond acceptors (Lipinski definition) is 2. The van der Waals surface area contributed by atoms with E-state index in [-0.39, 0.29) is 5.91 Å². The normalized spacial score (nSPS) is 15.4. The molecule has 0 atom stereocenters. The van der Waals surface area contributed by atoms with Crippen LogP contribution in [0.5, 0.6) is 5.75 Å². The number of likely N-dealkylation sites (tertiary alicyclic amines) is 1. The Labute approximate surface area is 110 Å². The van der Waals surface area contributed by atoms with Crippen molar-refractivity contribution in [1.82, 2.24) is 4.90 Å². The fraction of sp³-hybridized carbons (Fsp3) is 0.462. The van der Waals surface area contributed by atoms with Crippen LogP contribution in [0.15, 0.2) is 28.7 Å². The molecule has 1 aliphatic rings. The van der Waals surface area contributed by atoms with E-state index in [9.17, 15) is 4.79 Å². The molecule has 0 aromatic heterocycles. The predicted octanol–water partition coefficient (Wildman–Crippen LogP) is 2.84. The topological polar surface area (TPSA) is 29.5 Å². The lowest BCUT2D eigenvalue weighted by Crippen LogP contribution is -2.26. The first-order valence-corrected chi connectivity index (χ1v) is 6.71. The molecule has 0 aliphatic carbocycles. The van der Waals surface area contributed by atoms with Gasteiger partial charge in [0.25, 0.3) is 0 Å². The molecule has 0 unspecified atom stereocenters. The Kier molecular flexibility index (Phi) is 4.42. The van der Waals surface area contributed by atoms with Gasteiger partial charge >= 0.3 is 0 Å². The lowest BCUT2D eigenvalue weighted by Gasteiger charge is -2.15. The highest BCUT2D eigenvalue weighted by atomic mass is 79.9. The van der Waals surface area contributed by atoms with Crippen LogP contribution in [0.4, 0.5) is 0 Å². The Morgan fingerprint density at radius 1 is 1.29 bits per heavy atom. The van der Waals surface area contributed by atoms with Crippen molar-refractivity contribution in [2.45, 2.75) is 19.3 Å². The molecule has 0 radical (unpaired) electrons. The van der Waals surface area contributed by atoms with Crippen LogP contribution in [0.2, 0.25) is 0 Å². The summed E-state index contributed by atoms with van der Waals surface area (Å²) in [6.45, 7) is 2.39. The van der Waals surface area contributed by atoms with E-state index >= 15 is 0 Å². The van der Waals surface area contributed by atoms with Gasteiger partial charge < -0.3 is 9.64 Å². The van der Waals surface area contributed by atoms with Crippen LogP contribution in [-0.4, -0.2) is 30.5 Å². The van der Waals surface area contributed by atoms with E-state index < -0.39 is 0 Å². The zero-order valence-electron chi connectivity index (χ0n) is 9.69. The van der Waals surface area contributed by atoms with Crippen LogP contribution >= 0.6 is 15.9 Å². The lowest BCUT2D eigenvalue weighted by molar-refractivity contribution is -0.127. The summed E-state index contributed by atoms with van der Waals surface area (Å²) in [5.74, 6) is 1.16. The van der Waals surface area contributed by atoms with Crippen molar-refractivity contribution in [3.05, 3.63) is 28.7 Å². The summed E-state index contributed by atoms with van der Waals surface area (Å²) in [5.41, 5.74) is 0. The Bertz CT molecular complexity index is 378. The van der Waals surface area contributed by atoms with Gasteiger partial charge in [-0.2, -0.15) is 0 Å². The van der Waals surface area contributed by atoms with Gasteiger partial charge in [-0.1, -0.05) is 15.9 Å². The highest BCUT2D eigenvalue weighted by molar-refractivity contribution is 9.10. The molecule has 1 heterocycles. The molecule has 0 N–H and O–H groups in total. The molecule has 4 heteroatoms. The fourth-order valence-electron chi connectivity index (χ4n) is 1.92. The largest absolute Gasteiger partial charge is 0.494 e. The molecule has 2 rings (SSSR count). The molecule has 17 heavy (non-hydrogen) atoms. The Morgan fingerprint density at radius 3 is 2.71 bits per heavy atom. The summed E-state index contributed by atoms with van der Waals surface area (Å²) >= 11 is 3.38. The van der Waals surface area contributed by atoms with Crippen LogP contribution in [0.1, 0.15) is 19.3 Å². The van der Waals surface area contributed by atoms with E-state index in [4.69, 9.17) is 4.74 Å². The highest BCUT2D eigenvalue weighted by Crippen LogP contribution is 2.16. The second kappa shape index (κ2) is 6.05. The monoisotopic (exact) mass is 297 g/mol. The van der Waals surface area contributed by atoms with Gasteiger partial charge in [0.1, 0.15) is 5.75 Å². The SMILES string of the molecule is O=C1CCCN1CCCOc1ccc(Br)cc1. The third-order valence-corrected chi connectivity index (χ3v) is 3.35. The minimum absolute atomic E-state index is 0.286. The van der Waals surface area contributed by atoms with Crippen molar-refractivity contribution in [1.29, 1.82) is 0 Å². The first-order valence-electron chi connectivity index (χ1n) is 5.92. The molecule has 92 valence electrons. The number of hydrogen-bond donors (Lipinski definition) is 0. The third kappa shape index (κ3) is 3.73. The van der Waals surface area contributed by atoms with Crippen LogP contribution in [0, 0.1) is 0 Å². The molecule has 1 amide bonds. The number of halogens is 1. The van der Waals surface area contributed by atoms with Crippen molar-refractivity contribution >= 4 is 21.8 Å². The summed E-state index contributed by atoms with van der Waals surface area (Å²) in [7, 11) is 0. The van der Waals surface area contributed by atoms with Gasteiger partial charge in [0, 0.05) is 24.0 Å². The Balaban J connectivity index is 1.66. The second-order valence-corrected chi connectivity index (χ2v) is 5.06. The molecule has 1 aromatic carbocycles. The minimum atomic E-state index is 0.286. The second-order valence-electron chi connectivity index (χ2n) is 4.14. The van der Waals surface area contributed by atoms with Crippen LogP contribution in [0.3, 0.4) is 0 Å². The predicted molar refractivity (Wildman–Crippen MR) is 70.1 cm³/mol. The molecular weight excluding hydrogens is 282 g/mol. The average molecular weight is 298 g/mol. The van der Waals surface area contributed by atoms with Crippen LogP contribution in [-0.2, 0) is 4.79 Å². The van der Waals surface area contributed by atoms with Gasteiger partial charge in [-0.25, -0.2) is 0 Å². The molecule has 1 aromatic rings. The minimum Gasteiger partial charge on any atom is -0.494 e. The summed E-state index contributed by atoms with van der Waals surface area (Å²) < 4.78 is 6.65. The molecule has 0 saturated carbocycles. The number of carbonyl (C=O) groups excluding carboxylic acids is 1. The van der Waals surface area contributed by atoms with Crippen molar-refractivity contribution in [2.75, 3.05) is 19.7 Å². The van der Waals surface area contributed by atoms with Crippen LogP contribution in [0.25, 0.3) is 0 Å². The van der Waals surface area contributed by atoms with Gasteiger partial charge in [-0.05, 0) is 37.1 Å².